The minimum atomic E-state index is -4.62. The molecule has 2 nitrogen and oxygen atoms in total. The van der Waals surface area contributed by atoms with Gasteiger partial charge in [0.15, 0.2) is 0 Å². The van der Waals surface area contributed by atoms with E-state index in [1.807, 2.05) is 0 Å². The molecule has 1 heterocycles. The van der Waals surface area contributed by atoms with E-state index in [0.717, 1.165) is 18.4 Å². The van der Waals surface area contributed by atoms with E-state index in [0.29, 0.717) is 19.1 Å². The van der Waals surface area contributed by atoms with Crippen molar-refractivity contribution < 1.29 is 22.6 Å². The highest BCUT2D eigenvalue weighted by atomic mass is 19.4. The molecule has 0 aromatic heterocycles. The standard InChI is InChI=1S/C12H13F3O2/c13-12(14,15)17-11-3-1-9(2-4-11)10-5-7-16-8-6-10/h1-4,10H,5-8H2. The largest absolute Gasteiger partial charge is 0.573 e. The molecule has 5 heteroatoms. The number of rotatable bonds is 2. The van der Waals surface area contributed by atoms with E-state index in [9.17, 15) is 13.2 Å². The molecule has 0 amide bonds. The quantitative estimate of drug-likeness (QED) is 0.795. The first-order valence-corrected chi connectivity index (χ1v) is 5.48. The van der Waals surface area contributed by atoms with Gasteiger partial charge in [0.05, 0.1) is 0 Å². The first-order chi connectivity index (χ1) is 8.04. The summed E-state index contributed by atoms with van der Waals surface area (Å²) in [7, 11) is 0. The lowest BCUT2D eigenvalue weighted by Crippen LogP contribution is -2.17. The predicted octanol–water partition coefficient (Wildman–Crippen LogP) is 3.48. The fraction of sp³-hybridized carbons (Fsp3) is 0.500. The summed E-state index contributed by atoms with van der Waals surface area (Å²) in [5.74, 6) is 0.206. The van der Waals surface area contributed by atoms with Crippen LogP contribution in [0, 0.1) is 0 Å². The Bertz CT molecular complexity index is 353. The van der Waals surface area contributed by atoms with E-state index in [1.165, 1.54) is 12.1 Å². The molecule has 0 spiro atoms. The van der Waals surface area contributed by atoms with Gasteiger partial charge >= 0.3 is 6.36 Å². The third kappa shape index (κ3) is 3.63. The predicted molar refractivity (Wildman–Crippen MR) is 55.9 cm³/mol. The number of halogens is 3. The van der Waals surface area contributed by atoms with E-state index in [4.69, 9.17) is 4.74 Å². The SMILES string of the molecule is FC(F)(F)Oc1ccc(C2CCOCC2)cc1. The van der Waals surface area contributed by atoms with E-state index in [-0.39, 0.29) is 5.75 Å². The van der Waals surface area contributed by atoms with E-state index in [1.54, 1.807) is 12.1 Å². The molecule has 0 atom stereocenters. The molecule has 0 bridgehead atoms. The molecule has 0 aliphatic carbocycles. The van der Waals surface area contributed by atoms with Crippen LogP contribution in [0.25, 0.3) is 0 Å². The molecule has 0 N–H and O–H groups in total. The average molecular weight is 246 g/mol. The second kappa shape index (κ2) is 4.96. The Morgan fingerprint density at radius 2 is 1.65 bits per heavy atom. The summed E-state index contributed by atoms with van der Waals surface area (Å²) in [6.45, 7) is 1.43. The summed E-state index contributed by atoms with van der Waals surface area (Å²) in [4.78, 5) is 0. The molecule has 0 radical (unpaired) electrons. The lowest BCUT2D eigenvalue weighted by Gasteiger charge is -2.22. The lowest BCUT2D eigenvalue weighted by atomic mass is 9.92. The van der Waals surface area contributed by atoms with Crippen LogP contribution >= 0.6 is 0 Å². The van der Waals surface area contributed by atoms with Crippen LogP contribution in [0.15, 0.2) is 24.3 Å². The summed E-state index contributed by atoms with van der Waals surface area (Å²) < 4.78 is 44.9. The zero-order chi connectivity index (χ0) is 12.3. The van der Waals surface area contributed by atoms with E-state index >= 15 is 0 Å². The molecule has 0 unspecified atom stereocenters. The molecule has 1 aromatic carbocycles. The molecule has 1 aromatic rings. The van der Waals surface area contributed by atoms with Crippen molar-refractivity contribution in [1.29, 1.82) is 0 Å². The molecular weight excluding hydrogens is 233 g/mol. The molecule has 1 aliphatic heterocycles. The zero-order valence-electron chi connectivity index (χ0n) is 9.17. The van der Waals surface area contributed by atoms with Crippen molar-refractivity contribution in [3.63, 3.8) is 0 Å². The van der Waals surface area contributed by atoms with Gasteiger partial charge in [-0.1, -0.05) is 12.1 Å². The van der Waals surface area contributed by atoms with Crippen molar-refractivity contribution in [2.75, 3.05) is 13.2 Å². The minimum Gasteiger partial charge on any atom is -0.406 e. The van der Waals surface area contributed by atoms with Crippen molar-refractivity contribution >= 4 is 0 Å². The number of benzene rings is 1. The molecular formula is C12H13F3O2. The summed E-state index contributed by atoms with van der Waals surface area (Å²) in [6, 6.07) is 6.10. The van der Waals surface area contributed by atoms with Gasteiger partial charge in [-0.25, -0.2) is 0 Å². The third-order valence-corrected chi connectivity index (χ3v) is 2.81. The van der Waals surface area contributed by atoms with Gasteiger partial charge in [0.1, 0.15) is 5.75 Å². The van der Waals surface area contributed by atoms with Gasteiger partial charge in [0.25, 0.3) is 0 Å². The van der Waals surface area contributed by atoms with Crippen LogP contribution in [-0.2, 0) is 4.74 Å². The fourth-order valence-electron chi connectivity index (χ4n) is 1.97. The van der Waals surface area contributed by atoms with E-state index < -0.39 is 6.36 Å². The highest BCUT2D eigenvalue weighted by Gasteiger charge is 2.31. The molecule has 17 heavy (non-hydrogen) atoms. The molecule has 94 valence electrons. The van der Waals surface area contributed by atoms with E-state index in [2.05, 4.69) is 4.74 Å². The van der Waals surface area contributed by atoms with Gasteiger partial charge in [0, 0.05) is 13.2 Å². The highest BCUT2D eigenvalue weighted by Crippen LogP contribution is 2.29. The maximum atomic E-state index is 12.0. The Morgan fingerprint density at radius 3 is 2.18 bits per heavy atom. The monoisotopic (exact) mass is 246 g/mol. The van der Waals surface area contributed by atoms with Gasteiger partial charge in [0.2, 0.25) is 0 Å². The summed E-state index contributed by atoms with van der Waals surface area (Å²) in [5, 5.41) is 0. The van der Waals surface area contributed by atoms with Crippen molar-refractivity contribution in [3.8, 4) is 5.75 Å². The molecule has 1 aliphatic rings. The van der Waals surface area contributed by atoms with Crippen molar-refractivity contribution in [2.24, 2.45) is 0 Å². The van der Waals surface area contributed by atoms with Crippen LogP contribution in [0.4, 0.5) is 13.2 Å². The normalized spacial score (nSPS) is 18.1. The first-order valence-electron chi connectivity index (χ1n) is 5.48. The van der Waals surface area contributed by atoms with Crippen LogP contribution in [0.5, 0.6) is 5.75 Å². The van der Waals surface area contributed by atoms with Crippen molar-refractivity contribution in [2.45, 2.75) is 25.1 Å². The fourth-order valence-corrected chi connectivity index (χ4v) is 1.97. The lowest BCUT2D eigenvalue weighted by molar-refractivity contribution is -0.274. The molecule has 2 rings (SSSR count). The average Bonchev–Trinajstić information content (AvgIpc) is 2.29. The van der Waals surface area contributed by atoms with Crippen LogP contribution < -0.4 is 4.74 Å². The Labute approximate surface area is 97.3 Å². The van der Waals surface area contributed by atoms with Crippen LogP contribution in [-0.4, -0.2) is 19.6 Å². The number of hydrogen-bond donors (Lipinski definition) is 0. The Balaban J connectivity index is 2.02. The van der Waals surface area contributed by atoms with Gasteiger partial charge in [-0.2, -0.15) is 0 Å². The van der Waals surface area contributed by atoms with Gasteiger partial charge in [-0.3, -0.25) is 0 Å². The smallest absolute Gasteiger partial charge is 0.406 e. The maximum absolute atomic E-state index is 12.0. The third-order valence-electron chi connectivity index (χ3n) is 2.81. The van der Waals surface area contributed by atoms with Gasteiger partial charge in [-0.05, 0) is 36.5 Å². The second-order valence-corrected chi connectivity index (χ2v) is 4.00. The molecule has 1 fully saturated rings. The highest BCUT2D eigenvalue weighted by molar-refractivity contribution is 5.29. The van der Waals surface area contributed by atoms with Crippen LogP contribution in [0.2, 0.25) is 0 Å². The van der Waals surface area contributed by atoms with Gasteiger partial charge < -0.3 is 9.47 Å². The minimum absolute atomic E-state index is 0.173. The van der Waals surface area contributed by atoms with Crippen molar-refractivity contribution in [1.82, 2.24) is 0 Å². The Morgan fingerprint density at radius 1 is 1.06 bits per heavy atom. The van der Waals surface area contributed by atoms with Crippen LogP contribution in [0.1, 0.15) is 24.3 Å². The second-order valence-electron chi connectivity index (χ2n) is 4.00. The first kappa shape index (κ1) is 12.2. The molecule has 0 saturated carbocycles. The Kier molecular flexibility index (Phi) is 3.57. The number of ether oxygens (including phenoxy) is 2. The topological polar surface area (TPSA) is 18.5 Å². The van der Waals surface area contributed by atoms with Crippen LogP contribution in [0.3, 0.4) is 0 Å². The zero-order valence-corrected chi connectivity index (χ0v) is 9.17. The van der Waals surface area contributed by atoms with Crippen molar-refractivity contribution in [3.05, 3.63) is 29.8 Å². The number of hydrogen-bond acceptors (Lipinski definition) is 2. The summed E-state index contributed by atoms with van der Waals surface area (Å²) in [5.41, 5.74) is 1.04. The molecule has 1 saturated heterocycles. The summed E-state index contributed by atoms with van der Waals surface area (Å²) >= 11 is 0. The number of alkyl halides is 3. The summed E-state index contributed by atoms with van der Waals surface area (Å²) in [6.07, 6.45) is -2.79. The Hall–Kier alpha value is -1.23. The van der Waals surface area contributed by atoms with Gasteiger partial charge in [-0.15, -0.1) is 13.2 Å². The maximum Gasteiger partial charge on any atom is 0.573 e.